The second-order valence-electron chi connectivity index (χ2n) is 5.04. The minimum atomic E-state index is 0.141. The van der Waals surface area contributed by atoms with Crippen molar-refractivity contribution < 1.29 is 5.11 Å². The Balaban J connectivity index is 2.66. The van der Waals surface area contributed by atoms with Crippen molar-refractivity contribution in [2.24, 2.45) is 5.92 Å². The van der Waals surface area contributed by atoms with Crippen LogP contribution in [0.4, 0.5) is 0 Å². The first kappa shape index (κ1) is 17.2. The molecule has 0 radical (unpaired) electrons. The van der Waals surface area contributed by atoms with Crippen LogP contribution in [0.25, 0.3) is 0 Å². The molecule has 1 N–H and O–H groups in total. The standard InChI is InChI=1S/C17H27NOS/c1-4-15(5-2)13-18(6-3)14-17-16(10-12-20-17)9-7-8-11-19/h10,12,15,19H,4-6,8,11,13-14H2,1-3H3. The minimum absolute atomic E-state index is 0.141. The van der Waals surface area contributed by atoms with Crippen molar-refractivity contribution >= 4 is 11.3 Å². The van der Waals surface area contributed by atoms with Crippen molar-refractivity contribution in [2.75, 3.05) is 19.7 Å². The molecule has 0 saturated heterocycles. The molecule has 0 aliphatic rings. The number of aliphatic hydroxyl groups excluding tert-OH is 1. The molecule has 1 rings (SSSR count). The minimum Gasteiger partial charge on any atom is -0.395 e. The summed E-state index contributed by atoms with van der Waals surface area (Å²) in [6, 6.07) is 2.09. The van der Waals surface area contributed by atoms with E-state index >= 15 is 0 Å². The van der Waals surface area contributed by atoms with Crippen molar-refractivity contribution in [3.63, 3.8) is 0 Å². The molecule has 0 unspecified atom stereocenters. The first-order valence-electron chi connectivity index (χ1n) is 7.63. The van der Waals surface area contributed by atoms with E-state index in [1.807, 2.05) is 0 Å². The summed E-state index contributed by atoms with van der Waals surface area (Å²) < 4.78 is 0. The monoisotopic (exact) mass is 293 g/mol. The zero-order valence-corrected chi connectivity index (χ0v) is 13.8. The Hall–Kier alpha value is -0.820. The fraction of sp³-hybridized carbons (Fsp3) is 0.647. The van der Waals surface area contributed by atoms with Gasteiger partial charge in [0, 0.05) is 30.0 Å². The van der Waals surface area contributed by atoms with E-state index in [0.717, 1.165) is 24.6 Å². The van der Waals surface area contributed by atoms with Crippen molar-refractivity contribution in [2.45, 2.75) is 46.6 Å². The van der Waals surface area contributed by atoms with E-state index in [1.54, 1.807) is 11.3 Å². The van der Waals surface area contributed by atoms with Crippen LogP contribution >= 0.6 is 11.3 Å². The molecule has 1 heterocycles. The van der Waals surface area contributed by atoms with Crippen LogP contribution in [0.2, 0.25) is 0 Å². The van der Waals surface area contributed by atoms with Gasteiger partial charge in [-0.3, -0.25) is 4.90 Å². The van der Waals surface area contributed by atoms with Gasteiger partial charge in [-0.05, 0) is 23.9 Å². The molecule has 0 bridgehead atoms. The summed E-state index contributed by atoms with van der Waals surface area (Å²) in [6.45, 7) is 10.2. The largest absolute Gasteiger partial charge is 0.395 e. The maximum Gasteiger partial charge on any atom is 0.0540 e. The molecule has 0 spiro atoms. The van der Waals surface area contributed by atoms with Gasteiger partial charge in [0.1, 0.15) is 0 Å². The molecule has 0 aliphatic carbocycles. The molecule has 0 fully saturated rings. The molecule has 0 atom stereocenters. The van der Waals surface area contributed by atoms with E-state index in [9.17, 15) is 0 Å². The average Bonchev–Trinajstić information content (AvgIpc) is 2.91. The van der Waals surface area contributed by atoms with Gasteiger partial charge in [0.15, 0.2) is 0 Å². The fourth-order valence-corrected chi connectivity index (χ4v) is 3.08. The molecule has 0 amide bonds. The highest BCUT2D eigenvalue weighted by atomic mass is 32.1. The van der Waals surface area contributed by atoms with Gasteiger partial charge >= 0.3 is 0 Å². The van der Waals surface area contributed by atoms with Crippen LogP contribution in [-0.2, 0) is 6.54 Å². The molecular formula is C17H27NOS. The van der Waals surface area contributed by atoms with E-state index in [2.05, 4.69) is 49.0 Å². The Morgan fingerprint density at radius 3 is 2.65 bits per heavy atom. The van der Waals surface area contributed by atoms with Crippen molar-refractivity contribution in [3.05, 3.63) is 21.9 Å². The van der Waals surface area contributed by atoms with Gasteiger partial charge < -0.3 is 5.11 Å². The topological polar surface area (TPSA) is 23.5 Å². The summed E-state index contributed by atoms with van der Waals surface area (Å²) in [4.78, 5) is 3.86. The smallest absolute Gasteiger partial charge is 0.0540 e. The van der Waals surface area contributed by atoms with Gasteiger partial charge in [-0.1, -0.05) is 45.5 Å². The number of hydrogen-bond donors (Lipinski definition) is 1. The number of nitrogens with zero attached hydrogens (tertiary/aromatic N) is 1. The molecular weight excluding hydrogens is 266 g/mol. The lowest BCUT2D eigenvalue weighted by Gasteiger charge is -2.24. The molecule has 3 heteroatoms. The quantitative estimate of drug-likeness (QED) is 0.738. The second-order valence-corrected chi connectivity index (χ2v) is 6.04. The summed E-state index contributed by atoms with van der Waals surface area (Å²) in [5.41, 5.74) is 1.13. The van der Waals surface area contributed by atoms with Crippen LogP contribution in [0.1, 0.15) is 50.5 Å². The first-order chi connectivity index (χ1) is 9.74. The average molecular weight is 293 g/mol. The SMILES string of the molecule is CCC(CC)CN(CC)Cc1sccc1C#CCCO. The summed E-state index contributed by atoms with van der Waals surface area (Å²) in [5.74, 6) is 6.99. The molecule has 0 aliphatic heterocycles. The van der Waals surface area contributed by atoms with Crippen LogP contribution in [0.3, 0.4) is 0 Å². The lowest BCUT2D eigenvalue weighted by atomic mass is 10.0. The maximum absolute atomic E-state index is 8.79. The van der Waals surface area contributed by atoms with Crippen molar-refractivity contribution in [1.29, 1.82) is 0 Å². The Bertz CT molecular complexity index is 426. The zero-order valence-electron chi connectivity index (χ0n) is 13.0. The molecule has 1 aromatic rings. The molecule has 0 saturated carbocycles. The summed E-state index contributed by atoms with van der Waals surface area (Å²) in [7, 11) is 0. The van der Waals surface area contributed by atoms with Gasteiger partial charge in [0.25, 0.3) is 0 Å². The number of hydrogen-bond acceptors (Lipinski definition) is 3. The van der Waals surface area contributed by atoms with E-state index < -0.39 is 0 Å². The highest BCUT2D eigenvalue weighted by molar-refractivity contribution is 7.10. The lowest BCUT2D eigenvalue weighted by molar-refractivity contribution is 0.228. The third kappa shape index (κ3) is 5.66. The highest BCUT2D eigenvalue weighted by Gasteiger charge is 2.12. The van der Waals surface area contributed by atoms with E-state index in [0.29, 0.717) is 6.42 Å². The van der Waals surface area contributed by atoms with Crippen LogP contribution in [0.15, 0.2) is 11.4 Å². The Morgan fingerprint density at radius 1 is 1.30 bits per heavy atom. The molecule has 0 aromatic carbocycles. The van der Waals surface area contributed by atoms with Crippen molar-refractivity contribution in [3.8, 4) is 11.8 Å². The number of rotatable bonds is 8. The normalized spacial score (nSPS) is 10.9. The van der Waals surface area contributed by atoms with E-state index in [1.165, 1.54) is 24.3 Å². The maximum atomic E-state index is 8.79. The fourth-order valence-electron chi connectivity index (χ4n) is 2.21. The third-order valence-electron chi connectivity index (χ3n) is 3.69. The summed E-state index contributed by atoms with van der Waals surface area (Å²) in [6.07, 6.45) is 3.06. The van der Waals surface area contributed by atoms with Crippen LogP contribution in [0, 0.1) is 17.8 Å². The summed E-state index contributed by atoms with van der Waals surface area (Å²) in [5, 5.41) is 10.9. The Kier molecular flexibility index (Phi) is 8.60. The van der Waals surface area contributed by atoms with Crippen molar-refractivity contribution in [1.82, 2.24) is 4.90 Å². The molecule has 112 valence electrons. The van der Waals surface area contributed by atoms with Gasteiger partial charge in [0.05, 0.1) is 6.61 Å². The molecule has 20 heavy (non-hydrogen) atoms. The molecule has 1 aromatic heterocycles. The predicted octanol–water partition coefficient (Wildman–Crippen LogP) is 3.74. The summed E-state index contributed by atoms with van der Waals surface area (Å²) >= 11 is 1.79. The van der Waals surface area contributed by atoms with E-state index in [4.69, 9.17) is 5.11 Å². The highest BCUT2D eigenvalue weighted by Crippen LogP contribution is 2.20. The Labute approximate surface area is 127 Å². The lowest BCUT2D eigenvalue weighted by Crippen LogP contribution is -2.28. The van der Waals surface area contributed by atoms with Gasteiger partial charge in [-0.2, -0.15) is 0 Å². The number of aliphatic hydroxyl groups is 1. The van der Waals surface area contributed by atoms with Gasteiger partial charge in [-0.25, -0.2) is 0 Å². The van der Waals surface area contributed by atoms with Crippen LogP contribution in [-0.4, -0.2) is 29.7 Å². The Morgan fingerprint density at radius 2 is 2.05 bits per heavy atom. The molecule has 2 nitrogen and oxygen atoms in total. The van der Waals surface area contributed by atoms with Gasteiger partial charge in [0.2, 0.25) is 0 Å². The first-order valence-corrected chi connectivity index (χ1v) is 8.51. The third-order valence-corrected chi connectivity index (χ3v) is 4.60. The zero-order chi connectivity index (χ0) is 14.8. The number of thiophene rings is 1. The predicted molar refractivity (Wildman–Crippen MR) is 87.9 cm³/mol. The second kappa shape index (κ2) is 9.99. The van der Waals surface area contributed by atoms with Crippen LogP contribution < -0.4 is 0 Å². The van der Waals surface area contributed by atoms with Gasteiger partial charge in [-0.15, -0.1) is 11.3 Å². The van der Waals surface area contributed by atoms with E-state index in [-0.39, 0.29) is 6.61 Å². The van der Waals surface area contributed by atoms with Crippen LogP contribution in [0.5, 0.6) is 0 Å².